The molecule has 1 unspecified atom stereocenters. The summed E-state index contributed by atoms with van der Waals surface area (Å²) >= 11 is 0. The first kappa shape index (κ1) is 18.9. The first-order valence-electron chi connectivity index (χ1n) is 9.82. The van der Waals surface area contributed by atoms with Gasteiger partial charge in [-0.2, -0.15) is 5.10 Å². The molecule has 1 aromatic carbocycles. The normalized spacial score (nSPS) is 15.1. The lowest BCUT2D eigenvalue weighted by Crippen LogP contribution is -2.15. The molecule has 2 heterocycles. The van der Waals surface area contributed by atoms with Crippen LogP contribution in [0.5, 0.6) is 0 Å². The fourth-order valence-corrected chi connectivity index (χ4v) is 3.73. The molecule has 3 aromatic rings. The van der Waals surface area contributed by atoms with Gasteiger partial charge in [0, 0.05) is 42.7 Å². The summed E-state index contributed by atoms with van der Waals surface area (Å²) in [5, 5.41) is 18.9. The van der Waals surface area contributed by atoms with Gasteiger partial charge in [-0.05, 0) is 25.3 Å². The summed E-state index contributed by atoms with van der Waals surface area (Å²) in [6, 6.07) is 10.3. The van der Waals surface area contributed by atoms with E-state index >= 15 is 0 Å². The van der Waals surface area contributed by atoms with E-state index in [4.69, 9.17) is 15.5 Å². The van der Waals surface area contributed by atoms with Crippen LogP contribution in [0.25, 0.3) is 22.5 Å². The maximum atomic E-state index is 8.08. The van der Waals surface area contributed by atoms with Crippen LogP contribution in [0.3, 0.4) is 0 Å². The van der Waals surface area contributed by atoms with E-state index in [2.05, 4.69) is 34.7 Å². The van der Waals surface area contributed by atoms with Gasteiger partial charge in [-0.15, -0.1) is 0 Å². The summed E-state index contributed by atoms with van der Waals surface area (Å²) in [5.74, 6) is 0.931. The van der Waals surface area contributed by atoms with Gasteiger partial charge in [0.2, 0.25) is 5.95 Å². The quantitative estimate of drug-likeness (QED) is 0.458. The van der Waals surface area contributed by atoms with Crippen LogP contribution in [0, 0.1) is 5.41 Å². The van der Waals surface area contributed by atoms with E-state index in [1.54, 1.807) is 12.3 Å². The molecule has 0 radical (unpaired) electrons. The monoisotopic (exact) mass is 387 g/mol. The standard InChI is InChI=1S/C22H25N7/c1-4-24-11-10-18(23)26-22-25-13-16-14(2)12-17-19(20(16)27-22)21(29(3)28-17)15-8-6-5-7-9-15/h5-11,13-14,24H,4,12H2,1-3H3,(H2,23,25,26,27)/b11-10-. The molecule has 2 aromatic heterocycles. The number of fused-ring (bicyclic) bond motifs is 3. The predicted octanol–water partition coefficient (Wildman–Crippen LogP) is 3.72. The Morgan fingerprint density at radius 1 is 1.31 bits per heavy atom. The number of nitrogens with one attached hydrogen (secondary N) is 3. The van der Waals surface area contributed by atoms with Crippen LogP contribution in [0.4, 0.5) is 5.95 Å². The highest BCUT2D eigenvalue weighted by Crippen LogP contribution is 2.43. The van der Waals surface area contributed by atoms with Gasteiger partial charge in [0.05, 0.1) is 17.1 Å². The van der Waals surface area contributed by atoms with E-state index in [9.17, 15) is 0 Å². The minimum atomic E-state index is 0.226. The highest BCUT2D eigenvalue weighted by atomic mass is 15.3. The van der Waals surface area contributed by atoms with Crippen LogP contribution in [-0.4, -0.2) is 32.1 Å². The van der Waals surface area contributed by atoms with E-state index < -0.39 is 0 Å². The largest absolute Gasteiger partial charge is 0.391 e. The molecular formula is C22H25N7. The SMILES string of the molecule is CCN/C=C\C(=N)Nc1ncc2c(n1)-c1c(nn(C)c1-c1ccccc1)CC2C. The topological polar surface area (TPSA) is 91.5 Å². The third kappa shape index (κ3) is 3.63. The maximum absolute atomic E-state index is 8.08. The number of benzene rings is 1. The van der Waals surface area contributed by atoms with Crippen LogP contribution in [0.2, 0.25) is 0 Å². The van der Waals surface area contributed by atoms with Gasteiger partial charge in [0.1, 0.15) is 5.84 Å². The zero-order valence-corrected chi connectivity index (χ0v) is 16.9. The molecule has 0 amide bonds. The second-order valence-electron chi connectivity index (χ2n) is 7.19. The van der Waals surface area contributed by atoms with Crippen molar-refractivity contribution in [3.8, 4) is 22.5 Å². The number of aromatic nitrogens is 4. The highest BCUT2D eigenvalue weighted by Gasteiger charge is 2.30. The second-order valence-corrected chi connectivity index (χ2v) is 7.19. The van der Waals surface area contributed by atoms with Crippen molar-refractivity contribution < 1.29 is 0 Å². The van der Waals surface area contributed by atoms with Crippen molar-refractivity contribution in [2.24, 2.45) is 7.05 Å². The summed E-state index contributed by atoms with van der Waals surface area (Å²) in [5.41, 5.74) is 6.29. The van der Waals surface area contributed by atoms with Crippen molar-refractivity contribution in [1.82, 2.24) is 25.1 Å². The van der Waals surface area contributed by atoms with Gasteiger partial charge in [0.15, 0.2) is 0 Å². The predicted molar refractivity (Wildman–Crippen MR) is 116 cm³/mol. The average molecular weight is 387 g/mol. The number of aryl methyl sites for hydroxylation is 1. The molecule has 3 N–H and O–H groups in total. The lowest BCUT2D eigenvalue weighted by molar-refractivity contribution is 0.688. The molecule has 0 saturated carbocycles. The molecule has 0 bridgehead atoms. The molecule has 148 valence electrons. The molecule has 0 spiro atoms. The van der Waals surface area contributed by atoms with Crippen LogP contribution < -0.4 is 10.6 Å². The molecule has 0 fully saturated rings. The lowest BCUT2D eigenvalue weighted by atomic mass is 9.85. The van der Waals surface area contributed by atoms with Gasteiger partial charge < -0.3 is 10.6 Å². The van der Waals surface area contributed by atoms with Crippen molar-refractivity contribution in [2.75, 3.05) is 11.9 Å². The van der Waals surface area contributed by atoms with E-state index in [1.807, 2.05) is 43.0 Å². The Morgan fingerprint density at radius 2 is 2.10 bits per heavy atom. The third-order valence-corrected chi connectivity index (χ3v) is 5.07. The van der Waals surface area contributed by atoms with Gasteiger partial charge >= 0.3 is 0 Å². The van der Waals surface area contributed by atoms with Crippen LogP contribution >= 0.6 is 0 Å². The Morgan fingerprint density at radius 3 is 2.86 bits per heavy atom. The minimum absolute atomic E-state index is 0.226. The van der Waals surface area contributed by atoms with Crippen molar-refractivity contribution in [3.63, 3.8) is 0 Å². The number of hydrogen-bond donors (Lipinski definition) is 3. The Hall–Kier alpha value is -3.48. The van der Waals surface area contributed by atoms with E-state index in [-0.39, 0.29) is 11.8 Å². The number of nitrogens with zero attached hydrogens (tertiary/aromatic N) is 4. The first-order chi connectivity index (χ1) is 14.1. The zero-order valence-electron chi connectivity index (χ0n) is 16.9. The van der Waals surface area contributed by atoms with Crippen molar-refractivity contribution >= 4 is 11.8 Å². The molecule has 1 atom stereocenters. The minimum Gasteiger partial charge on any atom is -0.391 e. The summed E-state index contributed by atoms with van der Waals surface area (Å²) in [6.45, 7) is 4.99. The highest BCUT2D eigenvalue weighted by molar-refractivity contribution is 6.00. The van der Waals surface area contributed by atoms with Gasteiger partial charge in [-0.25, -0.2) is 9.97 Å². The van der Waals surface area contributed by atoms with Crippen LogP contribution in [-0.2, 0) is 13.5 Å². The summed E-state index contributed by atoms with van der Waals surface area (Å²) in [4.78, 5) is 9.25. The second kappa shape index (κ2) is 7.87. The maximum Gasteiger partial charge on any atom is 0.228 e. The number of rotatable bonds is 5. The number of hydrogen-bond acceptors (Lipinski definition) is 5. The smallest absolute Gasteiger partial charge is 0.228 e. The van der Waals surface area contributed by atoms with Crippen molar-refractivity contribution in [1.29, 1.82) is 5.41 Å². The molecule has 29 heavy (non-hydrogen) atoms. The Labute approximate surface area is 170 Å². The number of amidine groups is 1. The molecule has 7 heteroatoms. The summed E-state index contributed by atoms with van der Waals surface area (Å²) < 4.78 is 1.94. The fourth-order valence-electron chi connectivity index (χ4n) is 3.73. The zero-order chi connectivity index (χ0) is 20.4. The molecule has 1 aliphatic carbocycles. The van der Waals surface area contributed by atoms with Crippen molar-refractivity contribution in [2.45, 2.75) is 26.2 Å². The number of anilines is 1. The van der Waals surface area contributed by atoms with E-state index in [0.717, 1.165) is 46.7 Å². The molecular weight excluding hydrogens is 362 g/mol. The van der Waals surface area contributed by atoms with Crippen LogP contribution in [0.15, 0.2) is 48.8 Å². The third-order valence-electron chi connectivity index (χ3n) is 5.07. The van der Waals surface area contributed by atoms with Gasteiger partial charge in [0.25, 0.3) is 0 Å². The molecule has 0 saturated heterocycles. The Bertz CT molecular complexity index is 1070. The van der Waals surface area contributed by atoms with Crippen molar-refractivity contribution in [3.05, 3.63) is 60.1 Å². The molecule has 4 rings (SSSR count). The van der Waals surface area contributed by atoms with Gasteiger partial charge in [-0.1, -0.05) is 37.3 Å². The fraction of sp³-hybridized carbons (Fsp3) is 0.273. The molecule has 0 aliphatic heterocycles. The van der Waals surface area contributed by atoms with E-state index in [0.29, 0.717) is 5.95 Å². The molecule has 7 nitrogen and oxygen atoms in total. The lowest BCUT2D eigenvalue weighted by Gasteiger charge is -2.22. The molecule has 1 aliphatic rings. The van der Waals surface area contributed by atoms with Crippen LogP contribution in [0.1, 0.15) is 31.0 Å². The Kier molecular flexibility index (Phi) is 5.12. The van der Waals surface area contributed by atoms with Gasteiger partial charge in [-0.3, -0.25) is 10.1 Å². The van der Waals surface area contributed by atoms with E-state index in [1.165, 1.54) is 0 Å². The average Bonchev–Trinajstić information content (AvgIpc) is 3.04. The Balaban J connectivity index is 1.77. The first-order valence-corrected chi connectivity index (χ1v) is 9.82. The summed E-state index contributed by atoms with van der Waals surface area (Å²) in [7, 11) is 1.98. The summed E-state index contributed by atoms with van der Waals surface area (Å²) in [6.07, 6.45) is 6.13.